The monoisotopic (exact) mass is 318 g/mol. The van der Waals surface area contributed by atoms with Crippen molar-refractivity contribution in [3.05, 3.63) is 48.6 Å². The lowest BCUT2D eigenvalue weighted by molar-refractivity contribution is -0.138. The molecule has 1 rings (SSSR count). The van der Waals surface area contributed by atoms with Gasteiger partial charge in [-0.2, -0.15) is 0 Å². The van der Waals surface area contributed by atoms with Gasteiger partial charge in [-0.05, 0) is 38.5 Å². The summed E-state index contributed by atoms with van der Waals surface area (Å²) in [6.45, 7) is 2.23. The first-order valence-corrected chi connectivity index (χ1v) is 8.74. The highest BCUT2D eigenvalue weighted by Gasteiger charge is 2.43. The number of hydrogen-bond donors (Lipinski definition) is 1. The number of ether oxygens (including phenoxy) is 1. The lowest BCUT2D eigenvalue weighted by Crippen LogP contribution is -2.07. The van der Waals surface area contributed by atoms with E-state index in [-0.39, 0.29) is 6.10 Å². The van der Waals surface area contributed by atoms with Gasteiger partial charge in [-0.3, -0.25) is 0 Å². The number of epoxide rings is 1. The molecule has 0 saturated carbocycles. The number of rotatable bonds is 13. The van der Waals surface area contributed by atoms with E-state index < -0.39 is 12.1 Å². The minimum Gasteiger partial charge on any atom is -0.479 e. The van der Waals surface area contributed by atoms with Crippen LogP contribution in [0.25, 0.3) is 0 Å². The molecular formula is C20H30O3. The summed E-state index contributed by atoms with van der Waals surface area (Å²) in [5.41, 5.74) is 0. The number of unbranched alkanes of at least 4 members (excludes halogenated alkanes) is 3. The van der Waals surface area contributed by atoms with Crippen molar-refractivity contribution >= 4 is 5.97 Å². The third-order valence-electron chi connectivity index (χ3n) is 3.65. The molecule has 2 atom stereocenters. The predicted octanol–water partition coefficient (Wildman–Crippen LogP) is 5.20. The van der Waals surface area contributed by atoms with E-state index in [1.807, 2.05) is 6.08 Å². The first-order chi connectivity index (χ1) is 11.3. The highest BCUT2D eigenvalue weighted by atomic mass is 16.6. The first kappa shape index (κ1) is 19.4. The summed E-state index contributed by atoms with van der Waals surface area (Å²) in [6, 6.07) is 0. The molecule has 0 radical (unpaired) electrons. The second-order valence-electron chi connectivity index (χ2n) is 5.76. The lowest BCUT2D eigenvalue weighted by Gasteiger charge is -1.90. The van der Waals surface area contributed by atoms with Crippen molar-refractivity contribution in [3.63, 3.8) is 0 Å². The van der Waals surface area contributed by atoms with Crippen LogP contribution in [-0.2, 0) is 9.53 Å². The zero-order valence-electron chi connectivity index (χ0n) is 14.2. The predicted molar refractivity (Wildman–Crippen MR) is 95.5 cm³/mol. The molecule has 0 aromatic rings. The maximum atomic E-state index is 10.6. The molecule has 3 nitrogen and oxygen atoms in total. The van der Waals surface area contributed by atoms with Gasteiger partial charge in [-0.25, -0.2) is 4.79 Å². The molecular weight excluding hydrogens is 288 g/mol. The van der Waals surface area contributed by atoms with Crippen LogP contribution in [0.1, 0.15) is 58.3 Å². The van der Waals surface area contributed by atoms with Gasteiger partial charge in [0.05, 0.1) is 6.10 Å². The summed E-state index contributed by atoms with van der Waals surface area (Å²) in [7, 11) is 0. The molecule has 1 N–H and O–H groups in total. The van der Waals surface area contributed by atoms with Crippen molar-refractivity contribution in [2.75, 3.05) is 0 Å². The Labute approximate surface area is 140 Å². The highest BCUT2D eigenvalue weighted by Crippen LogP contribution is 2.25. The quantitative estimate of drug-likeness (QED) is 0.288. The number of carboxylic acids is 1. The molecule has 23 heavy (non-hydrogen) atoms. The van der Waals surface area contributed by atoms with Crippen molar-refractivity contribution in [2.45, 2.75) is 70.5 Å². The second kappa shape index (κ2) is 12.9. The second-order valence-corrected chi connectivity index (χ2v) is 5.76. The van der Waals surface area contributed by atoms with Crippen molar-refractivity contribution in [3.8, 4) is 0 Å². The fourth-order valence-corrected chi connectivity index (χ4v) is 2.21. The van der Waals surface area contributed by atoms with Gasteiger partial charge in [0.1, 0.15) is 0 Å². The van der Waals surface area contributed by atoms with Gasteiger partial charge in [-0.15, -0.1) is 0 Å². The molecule has 128 valence electrons. The Morgan fingerprint density at radius 3 is 2.00 bits per heavy atom. The van der Waals surface area contributed by atoms with E-state index in [0.29, 0.717) is 6.42 Å². The number of carbonyl (C=O) groups is 1. The number of carboxylic acid groups (broad SMARTS) is 1. The van der Waals surface area contributed by atoms with E-state index in [1.54, 1.807) is 0 Å². The van der Waals surface area contributed by atoms with E-state index in [2.05, 4.69) is 49.5 Å². The maximum absolute atomic E-state index is 10.6. The molecule has 1 aliphatic rings. The molecule has 0 amide bonds. The first-order valence-electron chi connectivity index (χ1n) is 8.74. The van der Waals surface area contributed by atoms with E-state index >= 15 is 0 Å². The Hall–Kier alpha value is -1.61. The number of hydrogen-bond acceptors (Lipinski definition) is 2. The van der Waals surface area contributed by atoms with E-state index in [1.165, 1.54) is 25.7 Å². The summed E-state index contributed by atoms with van der Waals surface area (Å²) in [4.78, 5) is 10.6. The topological polar surface area (TPSA) is 49.8 Å². The Morgan fingerprint density at radius 2 is 1.48 bits per heavy atom. The largest absolute Gasteiger partial charge is 0.479 e. The fraction of sp³-hybridized carbons (Fsp3) is 0.550. The zero-order chi connectivity index (χ0) is 16.8. The molecule has 3 heteroatoms. The van der Waals surface area contributed by atoms with Gasteiger partial charge in [0.25, 0.3) is 0 Å². The van der Waals surface area contributed by atoms with E-state index in [0.717, 1.165) is 19.3 Å². The zero-order valence-corrected chi connectivity index (χ0v) is 14.2. The molecule has 0 aromatic carbocycles. The van der Waals surface area contributed by atoms with Crippen molar-refractivity contribution in [1.82, 2.24) is 0 Å². The van der Waals surface area contributed by atoms with E-state index in [9.17, 15) is 4.79 Å². The van der Waals surface area contributed by atoms with Gasteiger partial charge in [0, 0.05) is 0 Å². The van der Waals surface area contributed by atoms with Crippen LogP contribution in [0.4, 0.5) is 0 Å². The molecule has 1 heterocycles. The Bertz CT molecular complexity index is 432. The smallest absolute Gasteiger partial charge is 0.335 e. The Morgan fingerprint density at radius 1 is 0.913 bits per heavy atom. The molecule has 0 spiro atoms. The van der Waals surface area contributed by atoms with Crippen LogP contribution in [0.3, 0.4) is 0 Å². The van der Waals surface area contributed by atoms with Gasteiger partial charge >= 0.3 is 5.97 Å². The Kier molecular flexibility index (Phi) is 10.9. The van der Waals surface area contributed by atoms with Crippen LogP contribution >= 0.6 is 0 Å². The fourth-order valence-electron chi connectivity index (χ4n) is 2.21. The van der Waals surface area contributed by atoms with Gasteiger partial charge in [-0.1, -0.05) is 68.4 Å². The van der Waals surface area contributed by atoms with Crippen molar-refractivity contribution in [1.29, 1.82) is 0 Å². The third-order valence-corrected chi connectivity index (χ3v) is 3.65. The number of aliphatic carboxylic acids is 1. The average Bonchev–Trinajstić information content (AvgIpc) is 3.31. The van der Waals surface area contributed by atoms with Gasteiger partial charge in [0.15, 0.2) is 6.10 Å². The average molecular weight is 318 g/mol. The van der Waals surface area contributed by atoms with Crippen LogP contribution in [0.2, 0.25) is 0 Å². The molecule has 1 aliphatic heterocycles. The maximum Gasteiger partial charge on any atom is 0.335 e. The summed E-state index contributed by atoms with van der Waals surface area (Å²) < 4.78 is 5.01. The molecule has 0 bridgehead atoms. The van der Waals surface area contributed by atoms with Crippen LogP contribution in [0.5, 0.6) is 0 Å². The normalized spacial score (nSPS) is 21.3. The van der Waals surface area contributed by atoms with Crippen molar-refractivity contribution in [2.24, 2.45) is 0 Å². The summed E-state index contributed by atoms with van der Waals surface area (Å²) in [5.74, 6) is -0.856. The van der Waals surface area contributed by atoms with Crippen LogP contribution in [0.15, 0.2) is 48.6 Å². The summed E-state index contributed by atoms with van der Waals surface area (Å²) in [6.07, 6.45) is 25.2. The third kappa shape index (κ3) is 10.7. The number of allylic oxidation sites excluding steroid dienone is 7. The van der Waals surface area contributed by atoms with Crippen molar-refractivity contribution < 1.29 is 14.6 Å². The molecule has 0 aromatic heterocycles. The SMILES string of the molecule is CCCCCC=CCC=CCC=CCC=CCC1OC1C(=O)O. The Balaban J connectivity index is 1.92. The summed E-state index contributed by atoms with van der Waals surface area (Å²) in [5, 5.41) is 8.68. The van der Waals surface area contributed by atoms with Gasteiger partial charge < -0.3 is 9.84 Å². The molecule has 1 saturated heterocycles. The molecule has 2 unspecified atom stereocenters. The van der Waals surface area contributed by atoms with E-state index in [4.69, 9.17) is 9.84 Å². The highest BCUT2D eigenvalue weighted by molar-refractivity contribution is 5.75. The van der Waals surface area contributed by atoms with Crippen LogP contribution in [0, 0.1) is 0 Å². The summed E-state index contributed by atoms with van der Waals surface area (Å²) >= 11 is 0. The molecule has 1 fully saturated rings. The minimum absolute atomic E-state index is 0.120. The van der Waals surface area contributed by atoms with Gasteiger partial charge in [0.2, 0.25) is 0 Å². The van der Waals surface area contributed by atoms with Crippen LogP contribution in [-0.4, -0.2) is 23.3 Å². The molecule has 0 aliphatic carbocycles. The van der Waals surface area contributed by atoms with Crippen LogP contribution < -0.4 is 0 Å². The lowest BCUT2D eigenvalue weighted by atomic mass is 10.2. The minimum atomic E-state index is -0.856. The standard InChI is InChI=1S/C20H30O3/c1-2-3-4-5-6-7-8-9-10-11-12-13-14-15-16-17-18-19(23-18)20(21)22/h6-7,9-10,12-13,15-16,18-19H,2-5,8,11,14,17H2,1H3,(H,21,22).